The first kappa shape index (κ1) is 27.1. The van der Waals surface area contributed by atoms with Crippen molar-refractivity contribution in [2.45, 2.75) is 18.9 Å². The normalized spacial score (nSPS) is 13.7. The highest BCUT2D eigenvalue weighted by molar-refractivity contribution is 5.96. The van der Waals surface area contributed by atoms with Crippen LogP contribution < -0.4 is 9.47 Å². The molecule has 1 saturated heterocycles. The Bertz CT molecular complexity index is 1590. The van der Waals surface area contributed by atoms with E-state index < -0.39 is 5.82 Å². The summed E-state index contributed by atoms with van der Waals surface area (Å²) in [7, 11) is 3.07. The highest BCUT2D eigenvalue weighted by Crippen LogP contribution is 2.39. The van der Waals surface area contributed by atoms with Crippen LogP contribution in [0.15, 0.2) is 53.1 Å². The molecule has 0 saturated carbocycles. The Morgan fingerprint density at radius 1 is 1.20 bits per heavy atom. The van der Waals surface area contributed by atoms with Crippen molar-refractivity contribution in [1.29, 1.82) is 5.26 Å². The zero-order valence-electron chi connectivity index (χ0n) is 22.1. The Morgan fingerprint density at radius 2 is 2.00 bits per heavy atom. The summed E-state index contributed by atoms with van der Waals surface area (Å²) in [6, 6.07) is 13.7. The molecule has 9 nitrogen and oxygen atoms in total. The molecule has 1 amide bonds. The van der Waals surface area contributed by atoms with Crippen molar-refractivity contribution in [3.63, 3.8) is 0 Å². The highest BCUT2D eigenvalue weighted by atomic mass is 19.1. The van der Waals surface area contributed by atoms with Gasteiger partial charge in [0.1, 0.15) is 34.9 Å². The van der Waals surface area contributed by atoms with Crippen LogP contribution in [-0.4, -0.2) is 67.5 Å². The van der Waals surface area contributed by atoms with Gasteiger partial charge in [0.25, 0.3) is 5.91 Å². The smallest absolute Gasteiger partial charge is 0.253 e. The van der Waals surface area contributed by atoms with Gasteiger partial charge in [-0.3, -0.25) is 4.79 Å². The lowest BCUT2D eigenvalue weighted by Gasteiger charge is -2.23. The quantitative estimate of drug-likeness (QED) is 0.335. The minimum Gasteiger partial charge on any atom is -0.496 e. The Balaban J connectivity index is 1.52. The van der Waals surface area contributed by atoms with Gasteiger partial charge in [0.05, 0.1) is 49.8 Å². The Kier molecular flexibility index (Phi) is 7.96. The third-order valence-corrected chi connectivity index (χ3v) is 6.84. The van der Waals surface area contributed by atoms with Gasteiger partial charge in [-0.25, -0.2) is 9.37 Å². The zero-order valence-corrected chi connectivity index (χ0v) is 22.1. The number of nitriles is 1. The molecule has 0 bridgehead atoms. The first-order chi connectivity index (χ1) is 19.4. The number of methoxy groups -OCH3 is 1. The van der Waals surface area contributed by atoms with Crippen molar-refractivity contribution in [3.05, 3.63) is 65.6 Å². The molecule has 0 radical (unpaired) electrons. The number of pyridine rings is 1. The summed E-state index contributed by atoms with van der Waals surface area (Å²) in [4.78, 5) is 18.3. The molecular weight excluding hydrogens is 517 g/mol. The van der Waals surface area contributed by atoms with Crippen LogP contribution in [0.25, 0.3) is 33.6 Å². The summed E-state index contributed by atoms with van der Waals surface area (Å²) in [5.41, 5.74) is 2.45. The molecule has 206 valence electrons. The number of ether oxygens (including phenoxy) is 3. The van der Waals surface area contributed by atoms with E-state index in [-0.39, 0.29) is 41.9 Å². The van der Waals surface area contributed by atoms with Crippen LogP contribution >= 0.6 is 0 Å². The molecule has 40 heavy (non-hydrogen) atoms. The fourth-order valence-electron chi connectivity index (χ4n) is 4.71. The second-order valence-corrected chi connectivity index (χ2v) is 9.42. The maximum absolute atomic E-state index is 15.2. The van der Waals surface area contributed by atoms with Crippen LogP contribution in [0.1, 0.15) is 28.8 Å². The SMILES string of the molecule is COc1cc(C(=O)N(C)CCO)ccc1-c1cc2ncc(F)c(-c3ccc(OC4CCOCC4)c(C#N)c3)c2o1. The number of fused-ring (bicyclic) bond motifs is 1. The molecule has 0 unspecified atom stereocenters. The molecule has 3 heterocycles. The number of aromatic nitrogens is 1. The van der Waals surface area contributed by atoms with Crippen LogP contribution in [0.4, 0.5) is 4.39 Å². The molecule has 5 rings (SSSR count). The maximum Gasteiger partial charge on any atom is 0.253 e. The van der Waals surface area contributed by atoms with E-state index in [2.05, 4.69) is 11.1 Å². The van der Waals surface area contributed by atoms with Crippen LogP contribution in [0, 0.1) is 17.1 Å². The van der Waals surface area contributed by atoms with Crippen LogP contribution in [0.5, 0.6) is 11.5 Å². The molecule has 1 N–H and O–H groups in total. The molecule has 4 aromatic rings. The number of carbonyl (C=O) groups excluding carboxylic acids is 1. The predicted molar refractivity (Wildman–Crippen MR) is 145 cm³/mol. The van der Waals surface area contributed by atoms with Crippen molar-refractivity contribution in [2.24, 2.45) is 0 Å². The molecule has 0 atom stereocenters. The molecule has 0 aliphatic carbocycles. The average Bonchev–Trinajstić information content (AvgIpc) is 3.41. The van der Waals surface area contributed by atoms with E-state index in [0.29, 0.717) is 52.7 Å². The fraction of sp³-hybridized carbons (Fsp3) is 0.300. The van der Waals surface area contributed by atoms with E-state index in [0.717, 1.165) is 19.0 Å². The third-order valence-electron chi connectivity index (χ3n) is 6.84. The second kappa shape index (κ2) is 11.7. The van der Waals surface area contributed by atoms with E-state index in [4.69, 9.17) is 23.7 Å². The predicted octanol–water partition coefficient (Wildman–Crippen LogP) is 4.80. The highest BCUT2D eigenvalue weighted by Gasteiger charge is 2.22. The number of benzene rings is 2. The number of furan rings is 1. The molecule has 10 heteroatoms. The number of rotatable bonds is 8. The number of carbonyl (C=O) groups is 1. The number of hydrogen-bond donors (Lipinski definition) is 1. The number of aliphatic hydroxyl groups is 1. The first-order valence-corrected chi connectivity index (χ1v) is 12.8. The van der Waals surface area contributed by atoms with Gasteiger partial charge in [0.15, 0.2) is 11.4 Å². The third kappa shape index (κ3) is 5.34. The zero-order chi connectivity index (χ0) is 28.2. The summed E-state index contributed by atoms with van der Waals surface area (Å²) >= 11 is 0. The van der Waals surface area contributed by atoms with Crippen molar-refractivity contribution in [1.82, 2.24) is 9.88 Å². The van der Waals surface area contributed by atoms with Gasteiger partial charge in [0.2, 0.25) is 0 Å². The lowest BCUT2D eigenvalue weighted by Crippen LogP contribution is -2.29. The number of hydrogen-bond acceptors (Lipinski definition) is 8. The van der Waals surface area contributed by atoms with E-state index in [1.165, 1.54) is 12.0 Å². The van der Waals surface area contributed by atoms with Crippen LogP contribution in [0.2, 0.25) is 0 Å². The minimum atomic E-state index is -0.602. The van der Waals surface area contributed by atoms with E-state index in [1.54, 1.807) is 49.5 Å². The molecule has 1 fully saturated rings. The van der Waals surface area contributed by atoms with Gasteiger partial charge in [0, 0.05) is 38.1 Å². The van der Waals surface area contributed by atoms with E-state index in [9.17, 15) is 10.1 Å². The van der Waals surface area contributed by atoms with Gasteiger partial charge in [-0.15, -0.1) is 0 Å². The summed E-state index contributed by atoms with van der Waals surface area (Å²) in [5.74, 6) is 0.315. The largest absolute Gasteiger partial charge is 0.496 e. The summed E-state index contributed by atoms with van der Waals surface area (Å²) in [6.45, 7) is 1.26. The monoisotopic (exact) mass is 545 g/mol. The molecule has 2 aromatic carbocycles. The molecule has 1 aliphatic heterocycles. The second-order valence-electron chi connectivity index (χ2n) is 9.42. The Labute approximate surface area is 230 Å². The number of aliphatic hydroxyl groups excluding tert-OH is 1. The van der Waals surface area contributed by atoms with Crippen LogP contribution in [0.3, 0.4) is 0 Å². The van der Waals surface area contributed by atoms with E-state index >= 15 is 4.39 Å². The lowest BCUT2D eigenvalue weighted by atomic mass is 10.0. The number of halogens is 1. The lowest BCUT2D eigenvalue weighted by molar-refractivity contribution is 0.0254. The summed E-state index contributed by atoms with van der Waals surface area (Å²) < 4.78 is 38.3. The van der Waals surface area contributed by atoms with Gasteiger partial charge in [-0.1, -0.05) is 6.07 Å². The molecule has 2 aromatic heterocycles. The number of likely N-dealkylation sites (N-methyl/N-ethyl adjacent to an activating group) is 1. The molecule has 0 spiro atoms. The van der Waals surface area contributed by atoms with Gasteiger partial charge < -0.3 is 28.6 Å². The Morgan fingerprint density at radius 3 is 2.73 bits per heavy atom. The van der Waals surface area contributed by atoms with Gasteiger partial charge >= 0.3 is 0 Å². The van der Waals surface area contributed by atoms with Gasteiger partial charge in [-0.05, 0) is 35.9 Å². The Hall–Kier alpha value is -4.46. The first-order valence-electron chi connectivity index (χ1n) is 12.8. The standard InChI is InChI=1S/C30H28FN3O6/c1-34(9-10-35)30(36)19-3-5-22(26(14-19)37-2)27-15-24-29(40-27)28(23(31)17-33-24)18-4-6-25(20(13-18)16-32)39-21-7-11-38-12-8-21/h3-6,13-15,17,21,35H,7-12H2,1-2H3. The molecule has 1 aliphatic rings. The maximum atomic E-state index is 15.2. The van der Waals surface area contributed by atoms with Crippen molar-refractivity contribution >= 4 is 17.0 Å². The minimum absolute atomic E-state index is 0.0459. The number of amides is 1. The van der Waals surface area contributed by atoms with Gasteiger partial charge in [-0.2, -0.15) is 5.26 Å². The van der Waals surface area contributed by atoms with Crippen LogP contribution in [-0.2, 0) is 4.74 Å². The topological polar surface area (TPSA) is 118 Å². The average molecular weight is 546 g/mol. The van der Waals surface area contributed by atoms with Crippen molar-refractivity contribution < 1.29 is 32.9 Å². The summed E-state index contributed by atoms with van der Waals surface area (Å²) in [6.07, 6.45) is 2.54. The van der Waals surface area contributed by atoms with E-state index in [1.807, 2.05) is 0 Å². The van der Waals surface area contributed by atoms with Crippen molar-refractivity contribution in [3.8, 4) is 40.0 Å². The number of nitrogens with zero attached hydrogens (tertiary/aromatic N) is 3. The molecular formula is C30H28FN3O6. The van der Waals surface area contributed by atoms with Crippen molar-refractivity contribution in [2.75, 3.05) is 40.5 Å². The fourth-order valence-corrected chi connectivity index (χ4v) is 4.71. The summed E-state index contributed by atoms with van der Waals surface area (Å²) in [5, 5.41) is 18.9.